The standard InChI is InChI=1S/C11H18N2S/c1-7-6-14-11(12-7)13-10-5-8-2-3-9(10)4-8/h7-10H,2-6H2,1H3,(H,12,13). The highest BCUT2D eigenvalue weighted by Gasteiger charge is 2.39. The highest BCUT2D eigenvalue weighted by atomic mass is 32.2. The van der Waals surface area contributed by atoms with Crippen molar-refractivity contribution < 1.29 is 0 Å². The number of thioether (sulfide) groups is 1. The first kappa shape index (κ1) is 9.08. The van der Waals surface area contributed by atoms with Crippen LogP contribution in [0.1, 0.15) is 32.6 Å². The summed E-state index contributed by atoms with van der Waals surface area (Å²) in [6.45, 7) is 2.23. The zero-order valence-electron chi connectivity index (χ0n) is 8.70. The maximum atomic E-state index is 4.88. The number of hydrogen-bond donors (Lipinski definition) is 1. The molecule has 3 rings (SSSR count). The first-order valence-corrected chi connectivity index (χ1v) is 6.77. The van der Waals surface area contributed by atoms with Crippen molar-refractivity contribution in [3.05, 3.63) is 0 Å². The van der Waals surface area contributed by atoms with E-state index in [0.29, 0.717) is 12.1 Å². The van der Waals surface area contributed by atoms with Crippen LogP contribution in [0, 0.1) is 11.8 Å². The molecular formula is C11H18N2S. The second-order valence-electron chi connectivity index (χ2n) is 5.03. The van der Waals surface area contributed by atoms with E-state index in [4.69, 9.17) is 4.99 Å². The lowest BCUT2D eigenvalue weighted by Crippen LogP contribution is -2.25. The number of nitrogens with one attached hydrogen (secondary N) is 1. The summed E-state index contributed by atoms with van der Waals surface area (Å²) in [5, 5.41) is 4.67. The van der Waals surface area contributed by atoms with Gasteiger partial charge in [-0.1, -0.05) is 18.2 Å². The smallest absolute Gasteiger partial charge is 0.157 e. The SMILES string of the molecule is CC1CSC(=NC2CC3CCC2C3)N1. The first-order chi connectivity index (χ1) is 6.81. The number of nitrogens with zero attached hydrogens (tertiary/aromatic N) is 1. The van der Waals surface area contributed by atoms with E-state index in [1.54, 1.807) is 0 Å². The molecule has 2 bridgehead atoms. The van der Waals surface area contributed by atoms with Crippen molar-refractivity contribution in [2.75, 3.05) is 5.75 Å². The van der Waals surface area contributed by atoms with Crippen LogP contribution in [0.15, 0.2) is 4.99 Å². The third-order valence-electron chi connectivity index (χ3n) is 3.82. The first-order valence-electron chi connectivity index (χ1n) is 5.78. The Bertz CT molecular complexity index is 264. The number of amidine groups is 1. The third-order valence-corrected chi connectivity index (χ3v) is 4.99. The summed E-state index contributed by atoms with van der Waals surface area (Å²) < 4.78 is 0. The van der Waals surface area contributed by atoms with E-state index in [1.165, 1.54) is 36.6 Å². The lowest BCUT2D eigenvalue weighted by Gasteiger charge is -2.18. The fourth-order valence-electron chi connectivity index (χ4n) is 3.09. The van der Waals surface area contributed by atoms with Crippen molar-refractivity contribution in [1.82, 2.24) is 5.32 Å². The van der Waals surface area contributed by atoms with Gasteiger partial charge in [0.15, 0.2) is 5.17 Å². The summed E-state index contributed by atoms with van der Waals surface area (Å²) >= 11 is 1.90. The van der Waals surface area contributed by atoms with Crippen molar-refractivity contribution >= 4 is 16.9 Å². The minimum absolute atomic E-state index is 0.623. The van der Waals surface area contributed by atoms with Gasteiger partial charge in [0.05, 0.1) is 6.04 Å². The molecule has 0 aromatic rings. The van der Waals surface area contributed by atoms with Crippen LogP contribution < -0.4 is 5.32 Å². The van der Waals surface area contributed by atoms with Gasteiger partial charge in [-0.15, -0.1) is 0 Å². The Hall–Kier alpha value is -0.180. The average molecular weight is 210 g/mol. The molecule has 0 radical (unpaired) electrons. The van der Waals surface area contributed by atoms with Crippen LogP contribution in [-0.2, 0) is 0 Å². The fraction of sp³-hybridized carbons (Fsp3) is 0.909. The Kier molecular flexibility index (Phi) is 2.23. The van der Waals surface area contributed by atoms with Crippen LogP contribution >= 0.6 is 11.8 Å². The maximum Gasteiger partial charge on any atom is 0.157 e. The highest BCUT2D eigenvalue weighted by molar-refractivity contribution is 8.14. The molecule has 14 heavy (non-hydrogen) atoms. The average Bonchev–Trinajstić information content (AvgIpc) is 2.82. The molecular weight excluding hydrogens is 192 g/mol. The van der Waals surface area contributed by atoms with E-state index >= 15 is 0 Å². The summed E-state index contributed by atoms with van der Waals surface area (Å²) in [6, 6.07) is 1.28. The molecule has 4 atom stereocenters. The third kappa shape index (κ3) is 1.56. The Morgan fingerprint density at radius 2 is 2.29 bits per heavy atom. The van der Waals surface area contributed by atoms with E-state index in [0.717, 1.165) is 11.8 Å². The van der Waals surface area contributed by atoms with Crippen LogP contribution in [-0.4, -0.2) is 23.0 Å². The maximum absolute atomic E-state index is 4.88. The molecule has 0 spiro atoms. The predicted molar refractivity (Wildman–Crippen MR) is 61.7 cm³/mol. The molecule has 78 valence electrons. The monoisotopic (exact) mass is 210 g/mol. The molecule has 2 saturated carbocycles. The van der Waals surface area contributed by atoms with Crippen molar-refractivity contribution in [2.45, 2.75) is 44.7 Å². The molecule has 1 aliphatic heterocycles. The highest BCUT2D eigenvalue weighted by Crippen LogP contribution is 2.46. The molecule has 3 fully saturated rings. The van der Waals surface area contributed by atoms with E-state index in [-0.39, 0.29) is 0 Å². The van der Waals surface area contributed by atoms with Gasteiger partial charge in [-0.2, -0.15) is 0 Å². The molecule has 1 N–H and O–H groups in total. The summed E-state index contributed by atoms with van der Waals surface area (Å²) in [6.07, 6.45) is 5.74. The van der Waals surface area contributed by atoms with Crippen molar-refractivity contribution in [1.29, 1.82) is 0 Å². The van der Waals surface area contributed by atoms with Gasteiger partial charge in [-0.25, -0.2) is 0 Å². The Labute approximate surface area is 89.9 Å². The lowest BCUT2D eigenvalue weighted by atomic mass is 9.96. The molecule has 3 heteroatoms. The van der Waals surface area contributed by atoms with Crippen molar-refractivity contribution in [2.24, 2.45) is 16.8 Å². The number of rotatable bonds is 1. The summed E-state index contributed by atoms with van der Waals surface area (Å²) in [5.41, 5.74) is 0. The largest absolute Gasteiger partial charge is 0.362 e. The Balaban J connectivity index is 1.67. The minimum Gasteiger partial charge on any atom is -0.362 e. The van der Waals surface area contributed by atoms with Gasteiger partial charge in [0.1, 0.15) is 0 Å². The number of aliphatic imine (C=N–C) groups is 1. The van der Waals surface area contributed by atoms with E-state index in [1.807, 2.05) is 11.8 Å². The van der Waals surface area contributed by atoms with Crippen LogP contribution in [0.25, 0.3) is 0 Å². The minimum atomic E-state index is 0.623. The van der Waals surface area contributed by atoms with Crippen LogP contribution in [0.2, 0.25) is 0 Å². The lowest BCUT2D eigenvalue weighted by molar-refractivity contribution is 0.420. The van der Waals surface area contributed by atoms with Gasteiger partial charge in [0, 0.05) is 11.8 Å². The van der Waals surface area contributed by atoms with Gasteiger partial charge < -0.3 is 5.32 Å². The quantitative estimate of drug-likeness (QED) is 0.718. The molecule has 2 nitrogen and oxygen atoms in total. The van der Waals surface area contributed by atoms with Gasteiger partial charge in [-0.3, -0.25) is 4.99 Å². The molecule has 1 saturated heterocycles. The summed E-state index contributed by atoms with van der Waals surface area (Å²) in [5.74, 6) is 3.13. The predicted octanol–water partition coefficient (Wildman–Crippen LogP) is 2.26. The van der Waals surface area contributed by atoms with Gasteiger partial charge >= 0.3 is 0 Å². The topological polar surface area (TPSA) is 24.4 Å². The van der Waals surface area contributed by atoms with Crippen LogP contribution in [0.5, 0.6) is 0 Å². The van der Waals surface area contributed by atoms with Crippen molar-refractivity contribution in [3.63, 3.8) is 0 Å². The van der Waals surface area contributed by atoms with Gasteiger partial charge in [0.25, 0.3) is 0 Å². The zero-order valence-corrected chi connectivity index (χ0v) is 9.52. The summed E-state index contributed by atoms with van der Waals surface area (Å²) in [4.78, 5) is 4.88. The Morgan fingerprint density at radius 3 is 2.86 bits per heavy atom. The zero-order chi connectivity index (χ0) is 9.54. The van der Waals surface area contributed by atoms with E-state index < -0.39 is 0 Å². The normalized spacial score (nSPS) is 48.8. The molecule has 0 aromatic carbocycles. The molecule has 0 aromatic heterocycles. The summed E-state index contributed by atoms with van der Waals surface area (Å²) in [7, 11) is 0. The van der Waals surface area contributed by atoms with Crippen LogP contribution in [0.3, 0.4) is 0 Å². The second-order valence-corrected chi connectivity index (χ2v) is 6.04. The van der Waals surface area contributed by atoms with Gasteiger partial charge in [0.2, 0.25) is 0 Å². The van der Waals surface area contributed by atoms with Gasteiger partial charge in [-0.05, 0) is 38.0 Å². The fourth-order valence-corrected chi connectivity index (χ4v) is 4.08. The molecule has 0 amide bonds. The number of hydrogen-bond acceptors (Lipinski definition) is 2. The molecule has 3 aliphatic rings. The second kappa shape index (κ2) is 3.44. The van der Waals surface area contributed by atoms with Crippen LogP contribution in [0.4, 0.5) is 0 Å². The molecule has 2 aliphatic carbocycles. The molecule has 1 heterocycles. The Morgan fingerprint density at radius 1 is 1.36 bits per heavy atom. The molecule has 4 unspecified atom stereocenters. The van der Waals surface area contributed by atoms with E-state index in [9.17, 15) is 0 Å². The van der Waals surface area contributed by atoms with E-state index in [2.05, 4.69) is 12.2 Å². The van der Waals surface area contributed by atoms with Crippen molar-refractivity contribution in [3.8, 4) is 0 Å². The number of fused-ring (bicyclic) bond motifs is 2.